The number of hydrogen-bond donors (Lipinski definition) is 0. The molecule has 0 amide bonds. The van der Waals surface area contributed by atoms with E-state index in [0.717, 1.165) is 0 Å². The molecular formula is C10H9F3O2. The highest BCUT2D eigenvalue weighted by Gasteiger charge is 2.30. The Morgan fingerprint density at radius 2 is 2.00 bits per heavy atom. The first-order valence-corrected chi connectivity index (χ1v) is 4.13. The lowest BCUT2D eigenvalue weighted by atomic mass is 10.1. The molecule has 0 fully saturated rings. The Morgan fingerprint density at radius 1 is 1.47 bits per heavy atom. The molecule has 0 N–H and O–H groups in total. The average molecular weight is 220 g/mol. The number of halogens is 3. The van der Waals surface area contributed by atoms with E-state index in [9.17, 15) is 18.0 Å². The summed E-state index contributed by atoms with van der Waals surface area (Å²) in [6.07, 6.45) is -4.64. The van der Waals surface area contributed by atoms with Crippen molar-refractivity contribution in [2.45, 2.75) is 13.1 Å². The highest BCUT2D eigenvalue weighted by atomic mass is 19.4. The fraction of sp³-hybridized carbons (Fsp3) is 0.300. The van der Waals surface area contributed by atoms with Crippen LogP contribution in [0, 0.1) is 0 Å². The molecule has 0 aliphatic carbocycles. The van der Waals surface area contributed by atoms with Crippen molar-refractivity contribution in [1.82, 2.24) is 0 Å². The van der Waals surface area contributed by atoms with Crippen molar-refractivity contribution in [3.05, 3.63) is 35.3 Å². The van der Waals surface area contributed by atoms with Gasteiger partial charge >= 0.3 is 12.1 Å². The molecule has 0 aliphatic heterocycles. The summed E-state index contributed by atoms with van der Waals surface area (Å²) < 4.78 is 56.2. The monoisotopic (exact) mass is 220 g/mol. The van der Waals surface area contributed by atoms with E-state index >= 15 is 0 Å². The molecule has 1 aromatic carbocycles. The lowest BCUT2D eigenvalue weighted by molar-refractivity contribution is -0.137. The van der Waals surface area contributed by atoms with Gasteiger partial charge in [-0.15, -0.1) is 0 Å². The van der Waals surface area contributed by atoms with Crippen LogP contribution in [-0.4, -0.2) is 12.6 Å². The van der Waals surface area contributed by atoms with Crippen LogP contribution in [0.15, 0.2) is 24.2 Å². The van der Waals surface area contributed by atoms with Crippen molar-refractivity contribution in [1.29, 1.82) is 0 Å². The van der Waals surface area contributed by atoms with Crippen LogP contribution < -0.4 is 0 Å². The number of esters is 1. The van der Waals surface area contributed by atoms with E-state index in [1.165, 1.54) is 6.92 Å². The van der Waals surface area contributed by atoms with Gasteiger partial charge < -0.3 is 4.74 Å². The molecule has 0 aliphatic rings. The van der Waals surface area contributed by atoms with E-state index in [1.54, 1.807) is 0 Å². The molecule has 0 aromatic heterocycles. The molecule has 0 bridgehead atoms. The number of rotatable bonds is 2. The van der Waals surface area contributed by atoms with Crippen LogP contribution in [0.2, 0.25) is 0 Å². The van der Waals surface area contributed by atoms with Gasteiger partial charge in [-0.05, 0) is 31.1 Å². The second kappa shape index (κ2) is 4.33. The smallest absolute Gasteiger partial charge is 0.416 e. The summed E-state index contributed by atoms with van der Waals surface area (Å²) in [6, 6.07) is -0.319. The standard InChI is InChI=1S/C10H9F3O2/c1-2-15-9(14)7-3-5-8(6-4-7)10(11,12)13/h3-6H,2H2,1H3/i3D,4D. The third-order valence-corrected chi connectivity index (χ3v) is 1.55. The maximum Gasteiger partial charge on any atom is 0.416 e. The Labute approximate surface area is 87.5 Å². The van der Waals surface area contributed by atoms with Gasteiger partial charge in [-0.1, -0.05) is 0 Å². The van der Waals surface area contributed by atoms with Crippen molar-refractivity contribution in [3.8, 4) is 0 Å². The van der Waals surface area contributed by atoms with Crippen molar-refractivity contribution >= 4 is 5.97 Å². The molecule has 0 unspecified atom stereocenters. The fourth-order valence-corrected chi connectivity index (χ4v) is 0.868. The minimum absolute atomic E-state index is 0.0265. The van der Waals surface area contributed by atoms with Crippen LogP contribution >= 0.6 is 0 Å². The molecule has 1 aromatic rings. The highest BCUT2D eigenvalue weighted by molar-refractivity contribution is 5.89. The molecule has 1 rings (SSSR count). The minimum Gasteiger partial charge on any atom is -0.462 e. The molecule has 5 heteroatoms. The molecule has 0 spiro atoms. The number of carbonyl (C=O) groups excluding carboxylic acids is 1. The number of carbonyl (C=O) groups is 1. The van der Waals surface area contributed by atoms with E-state index in [-0.39, 0.29) is 6.61 Å². The predicted molar refractivity (Wildman–Crippen MR) is 47.4 cm³/mol. The Morgan fingerprint density at radius 3 is 2.40 bits per heavy atom. The average Bonchev–Trinajstić information content (AvgIpc) is 2.15. The third-order valence-electron chi connectivity index (χ3n) is 1.55. The zero-order valence-electron chi connectivity index (χ0n) is 9.81. The lowest BCUT2D eigenvalue weighted by Crippen LogP contribution is -2.07. The van der Waals surface area contributed by atoms with Crippen molar-refractivity contribution < 1.29 is 25.4 Å². The SMILES string of the molecule is [2H]c1cc(C(F)(F)F)cc([2H])c1C(=O)OCC. The summed E-state index contributed by atoms with van der Waals surface area (Å²) in [5, 5.41) is 0. The molecule has 82 valence electrons. The molecule has 15 heavy (non-hydrogen) atoms. The van der Waals surface area contributed by atoms with E-state index in [1.807, 2.05) is 0 Å². The second-order valence-corrected chi connectivity index (χ2v) is 2.63. The Bertz CT molecular complexity index is 421. The van der Waals surface area contributed by atoms with E-state index in [0.29, 0.717) is 12.1 Å². The van der Waals surface area contributed by atoms with Gasteiger partial charge in [0.25, 0.3) is 0 Å². The fourth-order valence-electron chi connectivity index (χ4n) is 0.868. The van der Waals surface area contributed by atoms with Crippen molar-refractivity contribution in [3.63, 3.8) is 0 Å². The number of hydrogen-bond acceptors (Lipinski definition) is 2. The molecule has 0 atom stereocenters. The number of ether oxygens (including phenoxy) is 1. The maximum atomic E-state index is 12.3. The van der Waals surface area contributed by atoms with Crippen molar-refractivity contribution in [2.24, 2.45) is 0 Å². The van der Waals surface area contributed by atoms with Crippen LogP contribution in [0.25, 0.3) is 0 Å². The summed E-state index contributed by atoms with van der Waals surface area (Å²) in [6.45, 7) is 1.55. The van der Waals surface area contributed by atoms with E-state index in [2.05, 4.69) is 4.74 Å². The second-order valence-electron chi connectivity index (χ2n) is 2.63. The van der Waals surface area contributed by atoms with Crippen LogP contribution in [0.4, 0.5) is 13.2 Å². The van der Waals surface area contributed by atoms with Crippen LogP contribution in [-0.2, 0) is 10.9 Å². The summed E-state index contributed by atoms with van der Waals surface area (Å²) in [7, 11) is 0. The highest BCUT2D eigenvalue weighted by Crippen LogP contribution is 2.29. The normalized spacial score (nSPS) is 13.1. The summed E-state index contributed by atoms with van der Waals surface area (Å²) >= 11 is 0. The molecule has 0 heterocycles. The first kappa shape index (κ1) is 8.76. The van der Waals surface area contributed by atoms with Gasteiger partial charge in [0.2, 0.25) is 0 Å². The Kier molecular flexibility index (Phi) is 2.53. The first-order valence-electron chi connectivity index (χ1n) is 5.13. The zero-order chi connectivity index (χ0) is 13.2. The molecule has 0 saturated carbocycles. The van der Waals surface area contributed by atoms with Gasteiger partial charge in [-0.2, -0.15) is 13.2 Å². The Hall–Kier alpha value is -1.52. The molecule has 0 radical (unpaired) electrons. The van der Waals surface area contributed by atoms with Crippen LogP contribution in [0.5, 0.6) is 0 Å². The van der Waals surface area contributed by atoms with Gasteiger partial charge in [0, 0.05) is 0 Å². The molecule has 0 saturated heterocycles. The van der Waals surface area contributed by atoms with E-state index < -0.39 is 35.4 Å². The van der Waals surface area contributed by atoms with Crippen LogP contribution in [0.1, 0.15) is 25.6 Å². The maximum absolute atomic E-state index is 12.3. The largest absolute Gasteiger partial charge is 0.462 e. The topological polar surface area (TPSA) is 26.3 Å². The minimum atomic E-state index is -4.64. The summed E-state index contributed by atoms with van der Waals surface area (Å²) in [4.78, 5) is 11.3. The van der Waals surface area contributed by atoms with Crippen molar-refractivity contribution in [2.75, 3.05) is 6.61 Å². The van der Waals surface area contributed by atoms with Gasteiger partial charge in [0.1, 0.15) is 0 Å². The van der Waals surface area contributed by atoms with Gasteiger partial charge in [0.15, 0.2) is 0 Å². The number of alkyl halides is 3. The quantitative estimate of drug-likeness (QED) is 0.716. The van der Waals surface area contributed by atoms with Gasteiger partial charge in [0.05, 0.1) is 20.5 Å². The first-order chi connectivity index (χ1) is 7.77. The third kappa shape index (κ3) is 2.97. The summed E-state index contributed by atoms with van der Waals surface area (Å²) in [5.74, 6) is -0.962. The zero-order valence-corrected chi connectivity index (χ0v) is 7.81. The van der Waals surface area contributed by atoms with Gasteiger partial charge in [-0.3, -0.25) is 0 Å². The predicted octanol–water partition coefficient (Wildman–Crippen LogP) is 2.88. The number of benzene rings is 1. The molecule has 2 nitrogen and oxygen atoms in total. The van der Waals surface area contributed by atoms with Gasteiger partial charge in [-0.25, -0.2) is 4.79 Å². The molecular weight excluding hydrogens is 209 g/mol. The Balaban J connectivity index is 3.25. The summed E-state index contributed by atoms with van der Waals surface area (Å²) in [5.41, 5.74) is -1.58. The van der Waals surface area contributed by atoms with E-state index in [4.69, 9.17) is 2.74 Å². The lowest BCUT2D eigenvalue weighted by Gasteiger charge is -2.07. The van der Waals surface area contributed by atoms with Crippen LogP contribution in [0.3, 0.4) is 0 Å².